The van der Waals surface area contributed by atoms with Gasteiger partial charge in [-0.2, -0.15) is 0 Å². The van der Waals surface area contributed by atoms with E-state index in [1.165, 1.54) is 0 Å². The first-order valence-electron chi connectivity index (χ1n) is 15.3. The highest BCUT2D eigenvalue weighted by atomic mass is 16.3. The lowest BCUT2D eigenvalue weighted by molar-refractivity contribution is 0.101. The molecule has 234 valence electrons. The van der Waals surface area contributed by atoms with Gasteiger partial charge in [-0.1, -0.05) is 76.2 Å². The molecule has 0 atom stereocenters. The van der Waals surface area contributed by atoms with Crippen LogP contribution < -0.4 is 10.6 Å². The van der Waals surface area contributed by atoms with Gasteiger partial charge in [-0.05, 0) is 108 Å². The van der Waals surface area contributed by atoms with Crippen molar-refractivity contribution in [3.63, 3.8) is 0 Å². The Balaban J connectivity index is 1.24. The van der Waals surface area contributed by atoms with Gasteiger partial charge in [0.1, 0.15) is 11.5 Å². The molecule has 0 saturated heterocycles. The Kier molecular flexibility index (Phi) is 8.75. The number of nitrogens with one attached hydrogen (secondary N) is 2. The SMILES string of the molecule is Cc1cc(C(C)(C)c2ccc(O)cc2)ccc1NC(=O)c1ccc(C(=O)Nc2ccc(C(C)(C)c3ccc(O)cc3)cc2C)cc1. The van der Waals surface area contributed by atoms with E-state index in [1.54, 1.807) is 48.5 Å². The molecule has 0 saturated carbocycles. The molecule has 6 nitrogen and oxygen atoms in total. The van der Waals surface area contributed by atoms with Crippen LogP contribution in [0, 0.1) is 13.8 Å². The Hall–Kier alpha value is -5.36. The first kappa shape index (κ1) is 32.0. The van der Waals surface area contributed by atoms with Gasteiger partial charge in [0.2, 0.25) is 0 Å². The molecule has 0 unspecified atom stereocenters. The number of rotatable bonds is 8. The van der Waals surface area contributed by atoms with Gasteiger partial charge in [0.15, 0.2) is 0 Å². The molecule has 0 aliphatic carbocycles. The first-order chi connectivity index (χ1) is 21.8. The van der Waals surface area contributed by atoms with Crippen LogP contribution in [0.4, 0.5) is 11.4 Å². The maximum Gasteiger partial charge on any atom is 0.255 e. The van der Waals surface area contributed by atoms with Gasteiger partial charge >= 0.3 is 0 Å². The van der Waals surface area contributed by atoms with E-state index in [0.29, 0.717) is 22.5 Å². The second-order valence-corrected chi connectivity index (χ2v) is 12.9. The Bertz CT molecular complexity index is 1750. The number of hydrogen-bond donors (Lipinski definition) is 4. The second-order valence-electron chi connectivity index (χ2n) is 12.9. The van der Waals surface area contributed by atoms with E-state index in [2.05, 4.69) is 50.5 Å². The Morgan fingerprint density at radius 3 is 1.09 bits per heavy atom. The summed E-state index contributed by atoms with van der Waals surface area (Å²) >= 11 is 0. The molecule has 0 heterocycles. The van der Waals surface area contributed by atoms with Gasteiger partial charge < -0.3 is 20.8 Å². The second kappa shape index (κ2) is 12.6. The van der Waals surface area contributed by atoms with E-state index >= 15 is 0 Å². The van der Waals surface area contributed by atoms with Crippen molar-refractivity contribution >= 4 is 23.2 Å². The number of amides is 2. The quantitative estimate of drug-likeness (QED) is 0.141. The summed E-state index contributed by atoms with van der Waals surface area (Å²) in [5.74, 6) is -0.0582. The lowest BCUT2D eigenvalue weighted by Gasteiger charge is -2.27. The number of carbonyl (C=O) groups is 2. The van der Waals surface area contributed by atoms with Crippen LogP contribution in [0.1, 0.15) is 81.8 Å². The Labute approximate surface area is 270 Å². The van der Waals surface area contributed by atoms with Crippen molar-refractivity contribution in [2.75, 3.05) is 10.6 Å². The number of hydrogen-bond acceptors (Lipinski definition) is 4. The number of anilines is 2. The molecule has 5 aromatic rings. The van der Waals surface area contributed by atoms with Gasteiger partial charge in [-0.25, -0.2) is 0 Å². The average Bonchev–Trinajstić information content (AvgIpc) is 3.03. The molecule has 0 radical (unpaired) electrons. The largest absolute Gasteiger partial charge is 0.508 e. The number of phenolic OH excluding ortho intramolecular Hbond substituents is 2. The maximum atomic E-state index is 13.1. The minimum absolute atomic E-state index is 0.232. The van der Waals surface area contributed by atoms with Gasteiger partial charge in [0, 0.05) is 33.3 Å². The van der Waals surface area contributed by atoms with E-state index < -0.39 is 0 Å². The zero-order valence-corrected chi connectivity index (χ0v) is 27.1. The van der Waals surface area contributed by atoms with Crippen molar-refractivity contribution in [2.45, 2.75) is 52.4 Å². The van der Waals surface area contributed by atoms with Crippen molar-refractivity contribution < 1.29 is 19.8 Å². The predicted molar refractivity (Wildman–Crippen MR) is 185 cm³/mol. The van der Waals surface area contributed by atoms with Crippen LogP contribution in [0.15, 0.2) is 109 Å². The number of phenols is 2. The maximum absolute atomic E-state index is 13.1. The topological polar surface area (TPSA) is 98.7 Å². The van der Waals surface area contributed by atoms with Crippen LogP contribution in [0.3, 0.4) is 0 Å². The van der Waals surface area contributed by atoms with E-state index in [1.807, 2.05) is 62.4 Å². The van der Waals surface area contributed by atoms with Crippen LogP contribution in [0.2, 0.25) is 0 Å². The van der Waals surface area contributed by atoms with E-state index in [-0.39, 0.29) is 34.1 Å². The molecule has 46 heavy (non-hydrogen) atoms. The normalized spacial score (nSPS) is 11.6. The summed E-state index contributed by atoms with van der Waals surface area (Å²) < 4.78 is 0. The van der Waals surface area contributed by atoms with E-state index in [4.69, 9.17) is 0 Å². The highest BCUT2D eigenvalue weighted by Gasteiger charge is 2.25. The summed E-state index contributed by atoms with van der Waals surface area (Å²) in [7, 11) is 0. The molecule has 0 aliphatic rings. The number of carbonyl (C=O) groups excluding carboxylic acids is 2. The van der Waals surface area contributed by atoms with Gasteiger partial charge in [-0.3, -0.25) is 9.59 Å². The molecule has 2 amide bonds. The zero-order valence-electron chi connectivity index (χ0n) is 27.1. The summed E-state index contributed by atoms with van der Waals surface area (Å²) in [5.41, 5.74) is 7.94. The van der Waals surface area contributed by atoms with Crippen molar-refractivity contribution in [3.05, 3.63) is 154 Å². The minimum Gasteiger partial charge on any atom is -0.508 e. The first-order valence-corrected chi connectivity index (χ1v) is 15.3. The lowest BCUT2D eigenvalue weighted by atomic mass is 9.77. The van der Waals surface area contributed by atoms with Crippen LogP contribution in [0.5, 0.6) is 11.5 Å². The molecule has 6 heteroatoms. The van der Waals surface area contributed by atoms with Crippen molar-refractivity contribution in [1.82, 2.24) is 0 Å². The fourth-order valence-corrected chi connectivity index (χ4v) is 5.64. The molecular formula is C40H40N2O4. The average molecular weight is 613 g/mol. The molecule has 0 fully saturated rings. The van der Waals surface area contributed by atoms with Crippen molar-refractivity contribution in [1.29, 1.82) is 0 Å². The van der Waals surface area contributed by atoms with E-state index in [9.17, 15) is 19.8 Å². The Morgan fingerprint density at radius 2 is 0.783 bits per heavy atom. The summed E-state index contributed by atoms with van der Waals surface area (Å²) in [6.07, 6.45) is 0. The number of aryl methyl sites for hydroxylation is 2. The lowest BCUT2D eigenvalue weighted by Crippen LogP contribution is -2.20. The van der Waals surface area contributed by atoms with Crippen LogP contribution in [0.25, 0.3) is 0 Å². The smallest absolute Gasteiger partial charge is 0.255 e. The minimum atomic E-state index is -0.289. The third-order valence-electron chi connectivity index (χ3n) is 8.98. The van der Waals surface area contributed by atoms with E-state index in [0.717, 1.165) is 33.4 Å². The summed E-state index contributed by atoms with van der Waals surface area (Å²) in [6.45, 7) is 12.4. The van der Waals surface area contributed by atoms with Gasteiger partial charge in [0.25, 0.3) is 11.8 Å². The molecular weight excluding hydrogens is 572 g/mol. The monoisotopic (exact) mass is 612 g/mol. The third-order valence-corrected chi connectivity index (χ3v) is 8.98. The fraction of sp³-hybridized carbons (Fsp3) is 0.200. The van der Waals surface area contributed by atoms with Crippen LogP contribution in [-0.2, 0) is 10.8 Å². The molecule has 5 aromatic carbocycles. The molecule has 5 rings (SSSR count). The summed E-state index contributed by atoms with van der Waals surface area (Å²) in [5, 5.41) is 25.3. The van der Waals surface area contributed by atoms with Crippen LogP contribution >= 0.6 is 0 Å². The van der Waals surface area contributed by atoms with Crippen molar-refractivity contribution in [3.8, 4) is 11.5 Å². The molecule has 0 spiro atoms. The summed E-state index contributed by atoms with van der Waals surface area (Å²) in [4.78, 5) is 26.2. The summed E-state index contributed by atoms with van der Waals surface area (Å²) in [6, 6.07) is 33.0. The van der Waals surface area contributed by atoms with Gasteiger partial charge in [-0.15, -0.1) is 0 Å². The fourth-order valence-electron chi connectivity index (χ4n) is 5.64. The highest BCUT2D eigenvalue weighted by molar-refractivity contribution is 6.07. The predicted octanol–water partition coefficient (Wildman–Crippen LogP) is 8.87. The number of aromatic hydroxyl groups is 2. The molecule has 4 N–H and O–H groups in total. The molecule has 0 bridgehead atoms. The standard InChI is InChI=1S/C40H40N2O4/c1-25-23-31(39(3,4)29-11-17-33(43)18-12-29)15-21-35(25)41-37(45)27-7-9-28(10-8-27)38(46)42-36-22-16-32(24-26(36)2)40(5,6)30-13-19-34(44)20-14-30/h7-24,43-44H,1-6H3,(H,41,45)(H,42,46). The highest BCUT2D eigenvalue weighted by Crippen LogP contribution is 2.35. The Morgan fingerprint density at radius 1 is 0.478 bits per heavy atom. The molecule has 0 aromatic heterocycles. The molecule has 0 aliphatic heterocycles. The number of benzene rings is 5. The van der Waals surface area contributed by atoms with Crippen molar-refractivity contribution in [2.24, 2.45) is 0 Å². The zero-order chi connectivity index (χ0) is 33.2. The van der Waals surface area contributed by atoms with Crippen LogP contribution in [-0.4, -0.2) is 22.0 Å². The van der Waals surface area contributed by atoms with Gasteiger partial charge in [0.05, 0.1) is 0 Å². The third kappa shape index (κ3) is 6.66.